The van der Waals surface area contributed by atoms with Crippen LogP contribution in [0.4, 0.5) is 4.39 Å². The highest BCUT2D eigenvalue weighted by Gasteiger charge is 2.20. The third-order valence-electron chi connectivity index (χ3n) is 2.51. The van der Waals surface area contributed by atoms with E-state index in [1.165, 1.54) is 12.1 Å². The summed E-state index contributed by atoms with van der Waals surface area (Å²) in [5.74, 6) is -1.10. The number of aromatic nitrogens is 1. The largest absolute Gasteiger partial charge is 0.476 e. The summed E-state index contributed by atoms with van der Waals surface area (Å²) in [6, 6.07) is 4.37. The van der Waals surface area contributed by atoms with Crippen LogP contribution in [0.1, 0.15) is 21.8 Å². The van der Waals surface area contributed by atoms with Crippen molar-refractivity contribution in [2.75, 3.05) is 0 Å². The van der Waals surface area contributed by atoms with Gasteiger partial charge >= 0.3 is 5.97 Å². The minimum atomic E-state index is -1.17. The van der Waals surface area contributed by atoms with Gasteiger partial charge in [-0.25, -0.2) is 9.18 Å². The molecule has 1 N–H and O–H groups in total. The molecule has 0 saturated heterocycles. The van der Waals surface area contributed by atoms with Gasteiger partial charge in [-0.2, -0.15) is 0 Å². The number of carboxylic acid groups (broad SMARTS) is 1. The van der Waals surface area contributed by atoms with Crippen molar-refractivity contribution in [3.05, 3.63) is 41.0 Å². The molecule has 0 spiro atoms. The molecule has 1 heterocycles. The lowest BCUT2D eigenvalue weighted by Gasteiger charge is -2.02. The van der Waals surface area contributed by atoms with Crippen molar-refractivity contribution in [2.45, 2.75) is 13.8 Å². The van der Waals surface area contributed by atoms with Gasteiger partial charge in [0.25, 0.3) is 0 Å². The van der Waals surface area contributed by atoms with Gasteiger partial charge in [0.05, 0.1) is 5.56 Å². The van der Waals surface area contributed by atoms with Gasteiger partial charge < -0.3 is 9.63 Å². The maximum atomic E-state index is 13.1. The molecule has 2 rings (SSSR count). The molecule has 4 nitrogen and oxygen atoms in total. The summed E-state index contributed by atoms with van der Waals surface area (Å²) in [6.45, 7) is 3.23. The summed E-state index contributed by atoms with van der Waals surface area (Å²) < 4.78 is 18.0. The van der Waals surface area contributed by atoms with Crippen molar-refractivity contribution in [3.8, 4) is 11.1 Å². The Morgan fingerprint density at radius 3 is 2.71 bits per heavy atom. The van der Waals surface area contributed by atoms with E-state index in [1.807, 2.05) is 0 Å². The van der Waals surface area contributed by atoms with Crippen LogP contribution in [0.5, 0.6) is 0 Å². The first-order chi connectivity index (χ1) is 8.00. The normalized spacial score (nSPS) is 10.5. The standard InChI is InChI=1S/C12H10FNO3/c1-6-5-8(3-4-9(6)13)10-7(2)17-14-11(10)12(15)16/h3-5H,1-2H3,(H,15,16). The Kier molecular flexibility index (Phi) is 2.67. The minimum absolute atomic E-state index is 0.159. The number of rotatable bonds is 2. The highest BCUT2D eigenvalue weighted by molar-refractivity contribution is 5.94. The molecule has 0 aliphatic rings. The molecule has 0 radical (unpaired) electrons. The molecular formula is C12H10FNO3. The number of aryl methyl sites for hydroxylation is 2. The van der Waals surface area contributed by atoms with E-state index in [1.54, 1.807) is 19.9 Å². The van der Waals surface area contributed by atoms with E-state index >= 15 is 0 Å². The van der Waals surface area contributed by atoms with Gasteiger partial charge in [-0.05, 0) is 37.1 Å². The predicted octanol–water partition coefficient (Wildman–Crippen LogP) is 2.80. The summed E-state index contributed by atoms with van der Waals surface area (Å²) in [6.07, 6.45) is 0. The zero-order chi connectivity index (χ0) is 12.6. The molecule has 0 saturated carbocycles. The highest BCUT2D eigenvalue weighted by atomic mass is 19.1. The molecule has 0 atom stereocenters. The molecular weight excluding hydrogens is 225 g/mol. The second-order valence-electron chi connectivity index (χ2n) is 3.73. The number of nitrogens with zero attached hydrogens (tertiary/aromatic N) is 1. The second-order valence-corrected chi connectivity index (χ2v) is 3.73. The van der Waals surface area contributed by atoms with Crippen LogP contribution in [-0.2, 0) is 0 Å². The first-order valence-corrected chi connectivity index (χ1v) is 4.97. The molecule has 1 aromatic carbocycles. The summed E-state index contributed by atoms with van der Waals surface area (Å²) in [7, 11) is 0. The summed E-state index contributed by atoms with van der Waals surface area (Å²) in [4.78, 5) is 11.0. The van der Waals surface area contributed by atoms with Gasteiger partial charge in [-0.15, -0.1) is 0 Å². The number of aromatic carboxylic acids is 1. The van der Waals surface area contributed by atoms with Crippen LogP contribution < -0.4 is 0 Å². The zero-order valence-corrected chi connectivity index (χ0v) is 9.32. The smallest absolute Gasteiger partial charge is 0.358 e. The molecule has 0 unspecified atom stereocenters. The van der Waals surface area contributed by atoms with E-state index in [4.69, 9.17) is 9.63 Å². The van der Waals surface area contributed by atoms with Gasteiger partial charge in [-0.3, -0.25) is 0 Å². The number of carboxylic acids is 1. The fourth-order valence-corrected chi connectivity index (χ4v) is 1.66. The van der Waals surface area contributed by atoms with Crippen LogP contribution in [0.2, 0.25) is 0 Å². The molecule has 0 bridgehead atoms. The summed E-state index contributed by atoms with van der Waals surface area (Å²) in [5.41, 5.74) is 1.26. The molecule has 1 aromatic heterocycles. The van der Waals surface area contributed by atoms with Crippen molar-refractivity contribution in [3.63, 3.8) is 0 Å². The Morgan fingerprint density at radius 1 is 1.41 bits per heavy atom. The van der Waals surface area contributed by atoms with E-state index in [9.17, 15) is 9.18 Å². The first-order valence-electron chi connectivity index (χ1n) is 4.97. The van der Waals surface area contributed by atoms with Crippen molar-refractivity contribution in [1.29, 1.82) is 0 Å². The van der Waals surface area contributed by atoms with Crippen LogP contribution >= 0.6 is 0 Å². The maximum absolute atomic E-state index is 13.1. The van der Waals surface area contributed by atoms with E-state index in [0.717, 1.165) is 0 Å². The van der Waals surface area contributed by atoms with Crippen molar-refractivity contribution in [1.82, 2.24) is 5.16 Å². The van der Waals surface area contributed by atoms with Gasteiger partial charge in [-0.1, -0.05) is 11.2 Å². The minimum Gasteiger partial charge on any atom is -0.476 e. The third kappa shape index (κ3) is 1.91. The molecule has 17 heavy (non-hydrogen) atoms. The lowest BCUT2D eigenvalue weighted by atomic mass is 10.0. The third-order valence-corrected chi connectivity index (χ3v) is 2.51. The maximum Gasteiger partial charge on any atom is 0.358 e. The molecule has 88 valence electrons. The van der Waals surface area contributed by atoms with E-state index in [-0.39, 0.29) is 11.5 Å². The van der Waals surface area contributed by atoms with E-state index < -0.39 is 5.97 Å². The quantitative estimate of drug-likeness (QED) is 0.869. The lowest BCUT2D eigenvalue weighted by molar-refractivity contribution is 0.0686. The predicted molar refractivity (Wildman–Crippen MR) is 58.3 cm³/mol. The lowest BCUT2D eigenvalue weighted by Crippen LogP contribution is -1.99. The molecule has 2 aromatic rings. The Hall–Kier alpha value is -2.17. The van der Waals surface area contributed by atoms with Gasteiger partial charge in [0, 0.05) is 0 Å². The van der Waals surface area contributed by atoms with E-state index in [2.05, 4.69) is 5.16 Å². The van der Waals surface area contributed by atoms with Gasteiger partial charge in [0.1, 0.15) is 11.6 Å². The monoisotopic (exact) mass is 235 g/mol. The number of hydrogen-bond acceptors (Lipinski definition) is 3. The Balaban J connectivity index is 2.63. The van der Waals surface area contributed by atoms with Gasteiger partial charge in [0.15, 0.2) is 5.69 Å². The SMILES string of the molecule is Cc1cc(-c2c(C(=O)O)noc2C)ccc1F. The fraction of sp³-hybridized carbons (Fsp3) is 0.167. The first kappa shape index (κ1) is 11.3. The van der Waals surface area contributed by atoms with Crippen molar-refractivity contribution >= 4 is 5.97 Å². The molecule has 0 amide bonds. The van der Waals surface area contributed by atoms with Crippen LogP contribution in [0, 0.1) is 19.7 Å². The average molecular weight is 235 g/mol. The van der Waals surface area contributed by atoms with Crippen molar-refractivity contribution < 1.29 is 18.8 Å². The Bertz CT molecular complexity index is 589. The number of carbonyl (C=O) groups is 1. The summed E-state index contributed by atoms with van der Waals surface area (Å²) >= 11 is 0. The molecule has 0 fully saturated rings. The Morgan fingerprint density at radius 2 is 2.12 bits per heavy atom. The zero-order valence-electron chi connectivity index (χ0n) is 9.32. The number of hydrogen-bond donors (Lipinski definition) is 1. The van der Waals surface area contributed by atoms with Crippen LogP contribution in [0.25, 0.3) is 11.1 Å². The summed E-state index contributed by atoms with van der Waals surface area (Å²) in [5, 5.41) is 12.4. The van der Waals surface area contributed by atoms with Crippen LogP contribution in [0.15, 0.2) is 22.7 Å². The topological polar surface area (TPSA) is 63.3 Å². The molecule has 0 aliphatic carbocycles. The average Bonchev–Trinajstić information content (AvgIpc) is 2.64. The molecule has 0 aliphatic heterocycles. The molecule has 5 heteroatoms. The van der Waals surface area contributed by atoms with Crippen LogP contribution in [-0.4, -0.2) is 16.2 Å². The highest BCUT2D eigenvalue weighted by Crippen LogP contribution is 2.28. The number of benzene rings is 1. The second kappa shape index (κ2) is 4.01. The van der Waals surface area contributed by atoms with Crippen molar-refractivity contribution in [2.24, 2.45) is 0 Å². The van der Waals surface area contributed by atoms with Gasteiger partial charge in [0.2, 0.25) is 0 Å². The van der Waals surface area contributed by atoms with E-state index in [0.29, 0.717) is 22.5 Å². The number of halogens is 1. The fourth-order valence-electron chi connectivity index (χ4n) is 1.66. The Labute approximate surface area is 96.7 Å². The van der Waals surface area contributed by atoms with Crippen LogP contribution in [0.3, 0.4) is 0 Å².